The summed E-state index contributed by atoms with van der Waals surface area (Å²) in [7, 11) is 0. The first-order valence-electron chi connectivity index (χ1n) is 12.7. The standard InChI is InChI=1S/C33H24N2O2/c1-2-10-21(11-3-1)31-34-35-32(37-31)22-18-19-28-30(20-22)36-29-17-9-8-16-27(29)33(28)25-14-6-4-12-23(25)24-13-5-7-15-26(24)33/h1-20,31-32,34-35H. The van der Waals surface area contributed by atoms with Crippen molar-refractivity contribution in [1.29, 1.82) is 0 Å². The number of fused-ring (bicyclic) bond motifs is 9. The summed E-state index contributed by atoms with van der Waals surface area (Å²) in [6, 6.07) is 42.7. The van der Waals surface area contributed by atoms with E-state index in [9.17, 15) is 0 Å². The SMILES string of the molecule is c1ccc(C2NNC(c3ccc4c(c3)Oc3ccccc3C43c4ccccc4-c4ccccc43)O2)cc1. The van der Waals surface area contributed by atoms with Crippen LogP contribution in [-0.2, 0) is 10.2 Å². The van der Waals surface area contributed by atoms with Crippen LogP contribution in [0.3, 0.4) is 0 Å². The van der Waals surface area contributed by atoms with E-state index in [2.05, 4.69) is 108 Å². The zero-order valence-electron chi connectivity index (χ0n) is 20.0. The molecule has 2 aliphatic heterocycles. The number of rotatable bonds is 2. The molecule has 2 atom stereocenters. The molecule has 37 heavy (non-hydrogen) atoms. The lowest BCUT2D eigenvalue weighted by Crippen LogP contribution is -2.32. The van der Waals surface area contributed by atoms with Gasteiger partial charge in [0.1, 0.15) is 24.0 Å². The summed E-state index contributed by atoms with van der Waals surface area (Å²) in [5.74, 6) is 1.75. The summed E-state index contributed by atoms with van der Waals surface area (Å²) in [5, 5.41) is 0. The van der Waals surface area contributed by atoms with E-state index in [0.29, 0.717) is 0 Å². The molecule has 0 radical (unpaired) electrons. The lowest BCUT2D eigenvalue weighted by atomic mass is 9.66. The third-order valence-corrected chi connectivity index (χ3v) is 7.90. The van der Waals surface area contributed by atoms with E-state index < -0.39 is 5.41 Å². The van der Waals surface area contributed by atoms with E-state index in [0.717, 1.165) is 28.2 Å². The van der Waals surface area contributed by atoms with Crippen molar-refractivity contribution in [3.05, 3.63) is 155 Å². The first-order chi connectivity index (χ1) is 18.3. The van der Waals surface area contributed by atoms with Gasteiger partial charge in [-0.15, -0.1) is 0 Å². The van der Waals surface area contributed by atoms with Gasteiger partial charge in [0.25, 0.3) is 0 Å². The molecule has 1 fully saturated rings. The molecule has 0 bridgehead atoms. The van der Waals surface area contributed by atoms with Crippen molar-refractivity contribution in [3.63, 3.8) is 0 Å². The molecular weight excluding hydrogens is 456 g/mol. The fraction of sp³-hybridized carbons (Fsp3) is 0.0909. The monoisotopic (exact) mass is 480 g/mol. The Balaban J connectivity index is 1.30. The quantitative estimate of drug-likeness (QED) is 0.280. The average molecular weight is 481 g/mol. The van der Waals surface area contributed by atoms with E-state index in [1.54, 1.807) is 0 Å². The molecule has 0 saturated carbocycles. The molecule has 8 rings (SSSR count). The minimum atomic E-state index is -0.440. The molecule has 2 heterocycles. The topological polar surface area (TPSA) is 42.5 Å². The Bertz CT molecular complexity index is 1620. The zero-order chi connectivity index (χ0) is 24.4. The highest BCUT2D eigenvalue weighted by Gasteiger charge is 2.51. The van der Waals surface area contributed by atoms with Gasteiger partial charge in [0.05, 0.1) is 5.41 Å². The fourth-order valence-electron chi connectivity index (χ4n) is 6.35. The van der Waals surface area contributed by atoms with Gasteiger partial charge in [-0.25, -0.2) is 10.9 Å². The maximum Gasteiger partial charge on any atom is 0.149 e. The van der Waals surface area contributed by atoms with Crippen molar-refractivity contribution in [2.45, 2.75) is 17.9 Å². The predicted molar refractivity (Wildman–Crippen MR) is 143 cm³/mol. The third kappa shape index (κ3) is 2.89. The molecule has 5 aromatic rings. The van der Waals surface area contributed by atoms with E-state index >= 15 is 0 Å². The second kappa shape index (κ2) is 7.89. The highest BCUT2D eigenvalue weighted by atomic mass is 16.5. The van der Waals surface area contributed by atoms with Crippen LogP contribution in [-0.4, -0.2) is 0 Å². The second-order valence-corrected chi connectivity index (χ2v) is 9.79. The van der Waals surface area contributed by atoms with E-state index in [1.807, 2.05) is 24.3 Å². The normalized spacial score (nSPS) is 20.0. The Morgan fingerprint density at radius 3 is 1.78 bits per heavy atom. The van der Waals surface area contributed by atoms with Gasteiger partial charge in [-0.2, -0.15) is 0 Å². The minimum Gasteiger partial charge on any atom is -0.457 e. The van der Waals surface area contributed by atoms with E-state index in [-0.39, 0.29) is 12.5 Å². The molecular formula is C33H24N2O2. The Morgan fingerprint density at radius 2 is 1.05 bits per heavy atom. The van der Waals surface area contributed by atoms with Gasteiger partial charge in [0, 0.05) is 16.7 Å². The highest BCUT2D eigenvalue weighted by Crippen LogP contribution is 2.62. The summed E-state index contributed by atoms with van der Waals surface area (Å²) < 4.78 is 12.9. The number of ether oxygens (including phenoxy) is 2. The first kappa shape index (κ1) is 20.9. The number of para-hydroxylation sites is 1. The molecule has 1 spiro atoms. The van der Waals surface area contributed by atoms with Crippen molar-refractivity contribution < 1.29 is 9.47 Å². The second-order valence-electron chi connectivity index (χ2n) is 9.79. The van der Waals surface area contributed by atoms with Crippen LogP contribution in [0.1, 0.15) is 45.8 Å². The summed E-state index contributed by atoms with van der Waals surface area (Å²) in [5.41, 5.74) is 15.7. The summed E-state index contributed by atoms with van der Waals surface area (Å²) in [6.07, 6.45) is -0.515. The maximum atomic E-state index is 6.60. The van der Waals surface area contributed by atoms with Crippen molar-refractivity contribution in [2.24, 2.45) is 0 Å². The van der Waals surface area contributed by atoms with E-state index in [4.69, 9.17) is 9.47 Å². The van der Waals surface area contributed by atoms with Crippen molar-refractivity contribution in [2.75, 3.05) is 0 Å². The number of benzene rings is 5. The molecule has 4 heteroatoms. The van der Waals surface area contributed by atoms with Crippen LogP contribution in [0.15, 0.2) is 121 Å². The predicted octanol–water partition coefficient (Wildman–Crippen LogP) is 6.98. The number of nitrogens with one attached hydrogen (secondary N) is 2. The largest absolute Gasteiger partial charge is 0.457 e. The molecule has 4 nitrogen and oxygen atoms in total. The minimum absolute atomic E-state index is 0.219. The third-order valence-electron chi connectivity index (χ3n) is 7.90. The maximum absolute atomic E-state index is 6.60. The van der Waals surface area contributed by atoms with Gasteiger partial charge in [0.15, 0.2) is 0 Å². The van der Waals surface area contributed by atoms with Crippen LogP contribution in [0.5, 0.6) is 11.5 Å². The molecule has 2 N–H and O–H groups in total. The molecule has 1 aliphatic carbocycles. The average Bonchev–Trinajstić information content (AvgIpc) is 3.57. The van der Waals surface area contributed by atoms with Crippen molar-refractivity contribution in [1.82, 2.24) is 10.9 Å². The number of hydrogen-bond donors (Lipinski definition) is 2. The van der Waals surface area contributed by atoms with Gasteiger partial charge in [0.2, 0.25) is 0 Å². The molecule has 1 saturated heterocycles. The van der Waals surface area contributed by atoms with Gasteiger partial charge in [-0.05, 0) is 39.9 Å². The van der Waals surface area contributed by atoms with Crippen molar-refractivity contribution in [3.8, 4) is 22.6 Å². The van der Waals surface area contributed by atoms with Gasteiger partial charge >= 0.3 is 0 Å². The van der Waals surface area contributed by atoms with Crippen LogP contribution < -0.4 is 15.6 Å². The first-order valence-corrected chi connectivity index (χ1v) is 12.7. The fourth-order valence-corrected chi connectivity index (χ4v) is 6.35. The Kier molecular flexibility index (Phi) is 4.46. The smallest absolute Gasteiger partial charge is 0.149 e. The zero-order valence-corrected chi connectivity index (χ0v) is 20.0. The number of hydrogen-bond acceptors (Lipinski definition) is 4. The van der Waals surface area contributed by atoms with Crippen molar-refractivity contribution >= 4 is 0 Å². The van der Waals surface area contributed by atoms with Crippen LogP contribution in [0.4, 0.5) is 0 Å². The Hall–Kier alpha value is -4.22. The molecule has 3 aliphatic rings. The number of hydrazine groups is 1. The van der Waals surface area contributed by atoms with Crippen LogP contribution in [0.25, 0.3) is 11.1 Å². The van der Waals surface area contributed by atoms with Gasteiger partial charge in [-0.3, -0.25) is 0 Å². The molecule has 178 valence electrons. The lowest BCUT2D eigenvalue weighted by Gasteiger charge is -2.39. The van der Waals surface area contributed by atoms with Gasteiger partial charge in [-0.1, -0.05) is 109 Å². The Labute approximate surface area is 215 Å². The van der Waals surface area contributed by atoms with Crippen LogP contribution in [0, 0.1) is 0 Å². The molecule has 5 aromatic carbocycles. The molecule has 2 unspecified atom stereocenters. The summed E-state index contributed by atoms with van der Waals surface area (Å²) >= 11 is 0. The van der Waals surface area contributed by atoms with Crippen LogP contribution in [0.2, 0.25) is 0 Å². The van der Waals surface area contributed by atoms with E-state index in [1.165, 1.54) is 27.8 Å². The Morgan fingerprint density at radius 1 is 0.486 bits per heavy atom. The molecule has 0 amide bonds. The lowest BCUT2D eigenvalue weighted by molar-refractivity contribution is 0.0340. The summed E-state index contributed by atoms with van der Waals surface area (Å²) in [4.78, 5) is 0. The van der Waals surface area contributed by atoms with Gasteiger partial charge < -0.3 is 9.47 Å². The summed E-state index contributed by atoms with van der Waals surface area (Å²) in [6.45, 7) is 0. The highest BCUT2D eigenvalue weighted by molar-refractivity contribution is 5.88. The molecule has 0 aromatic heterocycles. The van der Waals surface area contributed by atoms with Crippen LogP contribution >= 0.6 is 0 Å².